The molecule has 0 aliphatic carbocycles. The van der Waals surface area contributed by atoms with Crippen molar-refractivity contribution in [3.05, 3.63) is 35.4 Å². The van der Waals surface area contributed by atoms with E-state index in [2.05, 4.69) is 43.4 Å². The molecule has 1 N–H and O–H groups in total. The second-order valence-electron chi connectivity index (χ2n) is 4.12. The zero-order chi connectivity index (χ0) is 9.26. The summed E-state index contributed by atoms with van der Waals surface area (Å²) in [5.41, 5.74) is 2.87. The quantitative estimate of drug-likeness (QED) is 0.792. The fourth-order valence-corrected chi connectivity index (χ4v) is 1.69. The smallest absolute Gasteiger partial charge is 0.0332 e. The van der Waals surface area contributed by atoms with Crippen molar-refractivity contribution in [1.82, 2.24) is 5.32 Å². The minimum Gasteiger partial charge on any atom is -0.310 e. The summed E-state index contributed by atoms with van der Waals surface area (Å²) in [6, 6.07) is 9.64. The number of hydrogen-bond acceptors (Lipinski definition) is 1. The second kappa shape index (κ2) is 4.81. The molecule has 1 atom stereocenters. The number of rotatable bonds is 2. The molecule has 1 nitrogen and oxygen atoms in total. The fraction of sp³-hybridized carbons (Fsp3) is 0.500. The van der Waals surface area contributed by atoms with E-state index in [4.69, 9.17) is 0 Å². The molecule has 0 spiro atoms. The van der Waals surface area contributed by atoms with Gasteiger partial charge in [0.15, 0.2) is 0 Å². The van der Waals surface area contributed by atoms with Crippen LogP contribution in [0, 0.1) is 0 Å². The first-order valence-electron chi connectivity index (χ1n) is 5.10. The monoisotopic (exact) mass is 211 g/mol. The molecule has 78 valence electrons. The van der Waals surface area contributed by atoms with Crippen LogP contribution < -0.4 is 5.32 Å². The predicted octanol–water partition coefficient (Wildman–Crippen LogP) is 3.27. The Balaban J connectivity index is 0.000000980. The lowest BCUT2D eigenvalue weighted by molar-refractivity contribution is 0.383. The normalized spacial score (nSPS) is 20.1. The average molecular weight is 212 g/mol. The maximum Gasteiger partial charge on any atom is 0.0332 e. The van der Waals surface area contributed by atoms with Crippen molar-refractivity contribution < 1.29 is 0 Å². The molecule has 14 heavy (non-hydrogen) atoms. The van der Waals surface area contributed by atoms with Gasteiger partial charge in [0.05, 0.1) is 0 Å². The van der Waals surface area contributed by atoms with Gasteiger partial charge in [-0.3, -0.25) is 0 Å². The highest BCUT2D eigenvalue weighted by atomic mass is 35.5. The van der Waals surface area contributed by atoms with E-state index in [1.165, 1.54) is 24.1 Å². The number of nitrogens with one attached hydrogen (secondary N) is 1. The molecule has 0 unspecified atom stereocenters. The minimum absolute atomic E-state index is 0. The van der Waals surface area contributed by atoms with Gasteiger partial charge >= 0.3 is 0 Å². The molecular weight excluding hydrogens is 194 g/mol. The molecule has 1 saturated heterocycles. The van der Waals surface area contributed by atoms with Crippen LogP contribution in [0.3, 0.4) is 0 Å². The van der Waals surface area contributed by atoms with E-state index < -0.39 is 0 Å². The highest BCUT2D eigenvalue weighted by Gasteiger charge is 2.17. The lowest BCUT2D eigenvalue weighted by atomic mass is 9.95. The van der Waals surface area contributed by atoms with Crippen LogP contribution in [0.1, 0.15) is 43.4 Å². The zero-order valence-electron chi connectivity index (χ0n) is 8.79. The highest BCUT2D eigenvalue weighted by Crippen LogP contribution is 2.24. The number of halogens is 1. The Morgan fingerprint density at radius 3 is 2.14 bits per heavy atom. The average Bonchev–Trinajstić information content (AvgIpc) is 2.02. The summed E-state index contributed by atoms with van der Waals surface area (Å²) in [6.45, 7) is 5.64. The van der Waals surface area contributed by atoms with E-state index in [1.54, 1.807) is 0 Å². The third-order valence-corrected chi connectivity index (χ3v) is 2.83. The first kappa shape index (κ1) is 11.5. The van der Waals surface area contributed by atoms with Gasteiger partial charge < -0.3 is 5.32 Å². The summed E-state index contributed by atoms with van der Waals surface area (Å²) >= 11 is 0. The van der Waals surface area contributed by atoms with E-state index in [1.807, 2.05) is 0 Å². The van der Waals surface area contributed by atoms with Crippen LogP contribution in [0.25, 0.3) is 0 Å². The highest BCUT2D eigenvalue weighted by molar-refractivity contribution is 5.85. The number of hydrogen-bond donors (Lipinski definition) is 1. The van der Waals surface area contributed by atoms with Crippen LogP contribution in [-0.4, -0.2) is 6.54 Å². The van der Waals surface area contributed by atoms with Gasteiger partial charge in [-0.25, -0.2) is 0 Å². The van der Waals surface area contributed by atoms with Gasteiger partial charge in [-0.2, -0.15) is 0 Å². The Labute approximate surface area is 92.3 Å². The largest absolute Gasteiger partial charge is 0.310 e. The molecule has 0 aromatic heterocycles. The minimum atomic E-state index is 0. The first-order chi connectivity index (χ1) is 6.27. The van der Waals surface area contributed by atoms with Gasteiger partial charge in [-0.1, -0.05) is 38.1 Å². The Kier molecular flexibility index (Phi) is 3.97. The molecule has 1 heterocycles. The Morgan fingerprint density at radius 2 is 1.79 bits per heavy atom. The predicted molar refractivity (Wildman–Crippen MR) is 63.1 cm³/mol. The number of benzene rings is 1. The van der Waals surface area contributed by atoms with Crippen LogP contribution in [-0.2, 0) is 0 Å². The fourth-order valence-electron chi connectivity index (χ4n) is 1.69. The molecule has 0 bridgehead atoms. The topological polar surface area (TPSA) is 12.0 Å². The summed E-state index contributed by atoms with van der Waals surface area (Å²) < 4.78 is 0. The van der Waals surface area contributed by atoms with Gasteiger partial charge in [0.25, 0.3) is 0 Å². The Hall–Kier alpha value is -0.530. The summed E-state index contributed by atoms with van der Waals surface area (Å²) in [7, 11) is 0. The van der Waals surface area contributed by atoms with Gasteiger partial charge in [0.1, 0.15) is 0 Å². The van der Waals surface area contributed by atoms with Crippen LogP contribution in [0.5, 0.6) is 0 Å². The molecule has 0 amide bonds. The van der Waals surface area contributed by atoms with E-state index in [0.717, 1.165) is 0 Å². The van der Waals surface area contributed by atoms with Gasteiger partial charge in [-0.15, -0.1) is 12.4 Å². The Bertz CT molecular complexity index is 275. The molecule has 1 fully saturated rings. The summed E-state index contributed by atoms with van der Waals surface area (Å²) in [4.78, 5) is 0. The van der Waals surface area contributed by atoms with E-state index >= 15 is 0 Å². The van der Waals surface area contributed by atoms with Crippen molar-refractivity contribution in [3.63, 3.8) is 0 Å². The van der Waals surface area contributed by atoms with Crippen LogP contribution in [0.2, 0.25) is 0 Å². The summed E-state index contributed by atoms with van der Waals surface area (Å²) in [6.07, 6.45) is 1.29. The lowest BCUT2D eigenvalue weighted by Gasteiger charge is -2.28. The van der Waals surface area contributed by atoms with E-state index in [9.17, 15) is 0 Å². The maximum absolute atomic E-state index is 3.41. The SMILES string of the molecule is CC(C)c1ccc([C@@H]2CCN2)cc1.Cl. The third-order valence-electron chi connectivity index (χ3n) is 2.83. The van der Waals surface area contributed by atoms with Gasteiger partial charge in [0.2, 0.25) is 0 Å². The molecule has 1 aromatic carbocycles. The van der Waals surface area contributed by atoms with Crippen molar-refractivity contribution >= 4 is 12.4 Å². The molecular formula is C12H18ClN. The molecule has 0 saturated carbocycles. The maximum atomic E-state index is 3.41. The lowest BCUT2D eigenvalue weighted by Crippen LogP contribution is -2.34. The van der Waals surface area contributed by atoms with Crippen LogP contribution >= 0.6 is 12.4 Å². The molecule has 1 aromatic rings. The van der Waals surface area contributed by atoms with Crippen LogP contribution in [0.15, 0.2) is 24.3 Å². The molecule has 1 aliphatic rings. The van der Waals surface area contributed by atoms with Crippen molar-refractivity contribution in [1.29, 1.82) is 0 Å². The third kappa shape index (κ3) is 2.28. The van der Waals surface area contributed by atoms with E-state index in [-0.39, 0.29) is 12.4 Å². The van der Waals surface area contributed by atoms with E-state index in [0.29, 0.717) is 12.0 Å². The molecule has 1 aliphatic heterocycles. The molecule has 2 heteroatoms. The first-order valence-corrected chi connectivity index (χ1v) is 5.10. The standard InChI is InChI=1S/C12H17N.ClH/c1-9(2)10-3-5-11(6-4-10)12-7-8-13-12;/h3-6,9,12-13H,7-8H2,1-2H3;1H/t12-;/m0./s1. The van der Waals surface area contributed by atoms with Crippen molar-refractivity contribution in [2.24, 2.45) is 0 Å². The van der Waals surface area contributed by atoms with Crippen molar-refractivity contribution in [2.75, 3.05) is 6.54 Å². The van der Waals surface area contributed by atoms with Gasteiger partial charge in [0, 0.05) is 6.04 Å². The second-order valence-corrected chi connectivity index (χ2v) is 4.12. The van der Waals surface area contributed by atoms with Crippen molar-refractivity contribution in [3.8, 4) is 0 Å². The molecule has 2 rings (SSSR count). The Morgan fingerprint density at radius 1 is 1.21 bits per heavy atom. The van der Waals surface area contributed by atoms with Crippen molar-refractivity contribution in [2.45, 2.75) is 32.2 Å². The van der Waals surface area contributed by atoms with Gasteiger partial charge in [-0.05, 0) is 30.0 Å². The zero-order valence-corrected chi connectivity index (χ0v) is 9.60. The molecule has 0 radical (unpaired) electrons. The van der Waals surface area contributed by atoms with Crippen LogP contribution in [0.4, 0.5) is 0 Å². The summed E-state index contributed by atoms with van der Waals surface area (Å²) in [5, 5.41) is 3.41. The summed E-state index contributed by atoms with van der Waals surface area (Å²) in [5.74, 6) is 0.642.